The first-order valence-corrected chi connectivity index (χ1v) is 7.64. The number of amides is 1. The average Bonchev–Trinajstić information content (AvgIpc) is 3.13. The maximum absolute atomic E-state index is 12.8. The lowest BCUT2D eigenvalue weighted by Crippen LogP contribution is -2.32. The van der Waals surface area contributed by atoms with Crippen molar-refractivity contribution in [2.45, 2.75) is 16.2 Å². The fourth-order valence-electron chi connectivity index (χ4n) is 2.61. The summed E-state index contributed by atoms with van der Waals surface area (Å²) in [6, 6.07) is 16.5. The van der Waals surface area contributed by atoms with Gasteiger partial charge < -0.3 is 10.1 Å². The van der Waals surface area contributed by atoms with E-state index in [-0.39, 0.29) is 5.91 Å². The van der Waals surface area contributed by atoms with Crippen LogP contribution < -0.4 is 10.1 Å². The third-order valence-electron chi connectivity index (χ3n) is 3.99. The first kappa shape index (κ1) is 15.2. The molecular weight excluding hydrogens is 321 g/mol. The number of ether oxygens (including phenoxy) is 1. The standard InChI is InChI=1S/C17H15Cl2NO2/c1-22-14-9-7-13(8-10-14)20-15(21)16(11-17(16,18)19)12-5-3-2-4-6-12/h2-10H,11H2,1H3,(H,20,21)/t16-/m1/s1. The highest BCUT2D eigenvalue weighted by Gasteiger charge is 2.72. The first-order chi connectivity index (χ1) is 10.5. The summed E-state index contributed by atoms with van der Waals surface area (Å²) in [6.45, 7) is 0. The Hall–Kier alpha value is -1.71. The molecule has 1 N–H and O–H groups in total. The number of halogens is 2. The Morgan fingerprint density at radius 3 is 2.18 bits per heavy atom. The monoisotopic (exact) mass is 335 g/mol. The van der Waals surface area contributed by atoms with Crippen LogP contribution >= 0.6 is 23.2 Å². The third kappa shape index (κ3) is 2.44. The number of anilines is 1. The van der Waals surface area contributed by atoms with Gasteiger partial charge in [-0.2, -0.15) is 0 Å². The van der Waals surface area contributed by atoms with Gasteiger partial charge in [-0.15, -0.1) is 23.2 Å². The molecule has 1 atom stereocenters. The molecule has 0 radical (unpaired) electrons. The summed E-state index contributed by atoms with van der Waals surface area (Å²) < 4.78 is 4.02. The Balaban J connectivity index is 1.86. The van der Waals surface area contributed by atoms with Gasteiger partial charge in [0, 0.05) is 12.1 Å². The quantitative estimate of drug-likeness (QED) is 0.852. The SMILES string of the molecule is COc1ccc(NC(=O)[C@]2(c3ccccc3)CC2(Cl)Cl)cc1. The molecule has 0 saturated heterocycles. The number of hydrogen-bond donors (Lipinski definition) is 1. The zero-order chi connectivity index (χ0) is 15.8. The Morgan fingerprint density at radius 2 is 1.68 bits per heavy atom. The highest BCUT2D eigenvalue weighted by molar-refractivity contribution is 6.54. The van der Waals surface area contributed by atoms with E-state index in [4.69, 9.17) is 27.9 Å². The maximum Gasteiger partial charge on any atom is 0.238 e. The van der Waals surface area contributed by atoms with Gasteiger partial charge in [0.15, 0.2) is 0 Å². The molecule has 0 bridgehead atoms. The minimum absolute atomic E-state index is 0.200. The molecule has 3 rings (SSSR count). The Bertz CT molecular complexity index is 686. The Kier molecular flexibility index (Phi) is 3.79. The molecule has 0 spiro atoms. The molecule has 1 fully saturated rings. The molecule has 2 aromatic rings. The van der Waals surface area contributed by atoms with Crippen LogP contribution in [0.2, 0.25) is 0 Å². The van der Waals surface area contributed by atoms with Crippen LogP contribution in [0.15, 0.2) is 54.6 Å². The first-order valence-electron chi connectivity index (χ1n) is 6.88. The summed E-state index contributed by atoms with van der Waals surface area (Å²) in [5.74, 6) is 0.528. The van der Waals surface area contributed by atoms with Gasteiger partial charge in [0.1, 0.15) is 15.5 Å². The van der Waals surface area contributed by atoms with Crippen LogP contribution in [0.3, 0.4) is 0 Å². The second-order valence-electron chi connectivity index (χ2n) is 5.34. The van der Waals surface area contributed by atoms with Gasteiger partial charge in [-0.05, 0) is 29.8 Å². The van der Waals surface area contributed by atoms with E-state index in [0.717, 1.165) is 11.3 Å². The predicted octanol–water partition coefficient (Wildman–Crippen LogP) is 4.15. The van der Waals surface area contributed by atoms with Gasteiger partial charge in [0.2, 0.25) is 5.91 Å². The lowest BCUT2D eigenvalue weighted by atomic mass is 9.94. The number of alkyl halides is 2. The lowest BCUT2D eigenvalue weighted by Gasteiger charge is -2.18. The Labute approximate surface area is 139 Å². The molecule has 0 aliphatic heterocycles. The number of nitrogens with one attached hydrogen (secondary N) is 1. The van der Waals surface area contributed by atoms with Gasteiger partial charge in [0.25, 0.3) is 0 Å². The van der Waals surface area contributed by atoms with Gasteiger partial charge in [-0.25, -0.2) is 0 Å². The summed E-state index contributed by atoms with van der Waals surface area (Å²) in [7, 11) is 1.59. The van der Waals surface area contributed by atoms with E-state index in [1.54, 1.807) is 31.4 Å². The van der Waals surface area contributed by atoms with Crippen LogP contribution in [0, 0.1) is 0 Å². The molecule has 0 unspecified atom stereocenters. The zero-order valence-electron chi connectivity index (χ0n) is 12.0. The number of methoxy groups -OCH3 is 1. The van der Waals surface area contributed by atoms with Gasteiger partial charge in [-0.1, -0.05) is 30.3 Å². The van der Waals surface area contributed by atoms with Crippen molar-refractivity contribution in [1.82, 2.24) is 0 Å². The average molecular weight is 336 g/mol. The number of carbonyl (C=O) groups excluding carboxylic acids is 1. The number of hydrogen-bond acceptors (Lipinski definition) is 2. The van der Waals surface area contributed by atoms with Crippen molar-refractivity contribution in [2.24, 2.45) is 0 Å². The summed E-state index contributed by atoms with van der Waals surface area (Å²) in [4.78, 5) is 12.8. The molecular formula is C17H15Cl2NO2. The molecule has 1 amide bonds. The summed E-state index contributed by atoms with van der Waals surface area (Å²) in [6.07, 6.45) is 0.398. The van der Waals surface area contributed by atoms with E-state index in [9.17, 15) is 4.79 Å². The van der Waals surface area contributed by atoms with Crippen LogP contribution in [0.25, 0.3) is 0 Å². The van der Waals surface area contributed by atoms with E-state index < -0.39 is 9.75 Å². The Morgan fingerprint density at radius 1 is 1.09 bits per heavy atom. The lowest BCUT2D eigenvalue weighted by molar-refractivity contribution is -0.118. The molecule has 1 saturated carbocycles. The molecule has 5 heteroatoms. The number of benzene rings is 2. The molecule has 0 aromatic heterocycles. The molecule has 114 valence electrons. The summed E-state index contributed by atoms with van der Waals surface area (Å²) >= 11 is 12.6. The van der Waals surface area contributed by atoms with Crippen molar-refractivity contribution in [3.8, 4) is 5.75 Å². The van der Waals surface area contributed by atoms with Gasteiger partial charge >= 0.3 is 0 Å². The van der Waals surface area contributed by atoms with Crippen molar-refractivity contribution in [3.63, 3.8) is 0 Å². The molecule has 1 aliphatic carbocycles. The van der Waals surface area contributed by atoms with Gasteiger partial charge in [-0.3, -0.25) is 4.79 Å². The van der Waals surface area contributed by atoms with Crippen molar-refractivity contribution in [3.05, 3.63) is 60.2 Å². The number of carbonyl (C=O) groups is 1. The van der Waals surface area contributed by atoms with E-state index >= 15 is 0 Å². The number of rotatable bonds is 4. The smallest absolute Gasteiger partial charge is 0.238 e. The van der Waals surface area contributed by atoms with E-state index in [0.29, 0.717) is 12.1 Å². The van der Waals surface area contributed by atoms with Crippen molar-refractivity contribution in [2.75, 3.05) is 12.4 Å². The van der Waals surface area contributed by atoms with Crippen LogP contribution in [-0.2, 0) is 10.2 Å². The van der Waals surface area contributed by atoms with E-state index in [1.807, 2.05) is 30.3 Å². The fourth-order valence-corrected chi connectivity index (χ4v) is 3.41. The normalized spacial score (nSPS) is 22.0. The largest absolute Gasteiger partial charge is 0.497 e. The molecule has 2 aromatic carbocycles. The topological polar surface area (TPSA) is 38.3 Å². The van der Waals surface area contributed by atoms with Crippen molar-refractivity contribution >= 4 is 34.8 Å². The van der Waals surface area contributed by atoms with Crippen LogP contribution in [0.1, 0.15) is 12.0 Å². The van der Waals surface area contributed by atoms with Crippen LogP contribution in [0.5, 0.6) is 5.75 Å². The zero-order valence-corrected chi connectivity index (χ0v) is 13.5. The molecule has 3 nitrogen and oxygen atoms in total. The molecule has 22 heavy (non-hydrogen) atoms. The van der Waals surface area contributed by atoms with Crippen molar-refractivity contribution in [1.29, 1.82) is 0 Å². The minimum Gasteiger partial charge on any atom is -0.497 e. The highest BCUT2D eigenvalue weighted by atomic mass is 35.5. The fraction of sp³-hybridized carbons (Fsp3) is 0.235. The van der Waals surface area contributed by atoms with Crippen LogP contribution in [0.4, 0.5) is 5.69 Å². The molecule has 0 heterocycles. The third-order valence-corrected chi connectivity index (χ3v) is 4.90. The van der Waals surface area contributed by atoms with E-state index in [1.165, 1.54) is 0 Å². The second kappa shape index (κ2) is 5.49. The summed E-state index contributed by atoms with van der Waals surface area (Å²) in [5.41, 5.74) is 0.597. The second-order valence-corrected chi connectivity index (χ2v) is 6.82. The van der Waals surface area contributed by atoms with E-state index in [2.05, 4.69) is 5.32 Å². The minimum atomic E-state index is -1.08. The van der Waals surface area contributed by atoms with Crippen molar-refractivity contribution < 1.29 is 9.53 Å². The maximum atomic E-state index is 12.8. The molecule has 1 aliphatic rings. The summed E-state index contributed by atoms with van der Waals surface area (Å²) in [5, 5.41) is 2.89. The predicted molar refractivity (Wildman–Crippen MR) is 88.8 cm³/mol. The highest BCUT2D eigenvalue weighted by Crippen LogP contribution is 2.65. The van der Waals surface area contributed by atoms with Crippen LogP contribution in [-0.4, -0.2) is 17.4 Å². The van der Waals surface area contributed by atoms with Gasteiger partial charge in [0.05, 0.1) is 7.11 Å².